The summed E-state index contributed by atoms with van der Waals surface area (Å²) in [6, 6.07) is 0.652. The largest absolute Gasteiger partial charge is 0.394 e. The van der Waals surface area contributed by atoms with Gasteiger partial charge in [-0.3, -0.25) is 0 Å². The molecule has 2 unspecified atom stereocenters. The molecule has 2 fully saturated rings. The van der Waals surface area contributed by atoms with Crippen LogP contribution in [0.2, 0.25) is 0 Å². The molecule has 19 heavy (non-hydrogen) atoms. The van der Waals surface area contributed by atoms with Gasteiger partial charge in [-0.1, -0.05) is 18.2 Å². The standard InChI is InChI=1S/C13H21N3OS2/c1-9-14-12(19-16-9)18-11-3-2-6-13(7-11,8-17)15-10-4-5-10/h10-11,15,17H,2-8H2,1H3. The van der Waals surface area contributed by atoms with Gasteiger partial charge in [0.15, 0.2) is 4.34 Å². The number of rotatable bonds is 5. The van der Waals surface area contributed by atoms with E-state index in [1.54, 1.807) is 0 Å². The highest BCUT2D eigenvalue weighted by atomic mass is 32.2. The first-order valence-corrected chi connectivity index (χ1v) is 8.70. The van der Waals surface area contributed by atoms with Crippen LogP contribution in [0, 0.1) is 6.92 Å². The zero-order valence-electron chi connectivity index (χ0n) is 11.3. The van der Waals surface area contributed by atoms with Crippen molar-refractivity contribution < 1.29 is 5.11 Å². The first kappa shape index (κ1) is 13.8. The molecule has 1 aromatic rings. The van der Waals surface area contributed by atoms with Gasteiger partial charge < -0.3 is 10.4 Å². The molecule has 0 spiro atoms. The van der Waals surface area contributed by atoms with Gasteiger partial charge in [-0.2, -0.15) is 4.37 Å². The van der Waals surface area contributed by atoms with Crippen LogP contribution in [0.25, 0.3) is 0 Å². The van der Waals surface area contributed by atoms with Crippen LogP contribution in [-0.2, 0) is 0 Å². The van der Waals surface area contributed by atoms with E-state index in [2.05, 4.69) is 14.7 Å². The predicted molar refractivity (Wildman–Crippen MR) is 78.7 cm³/mol. The molecule has 0 aliphatic heterocycles. The van der Waals surface area contributed by atoms with Gasteiger partial charge in [0, 0.05) is 16.8 Å². The van der Waals surface area contributed by atoms with Gasteiger partial charge in [-0.15, -0.1) is 0 Å². The summed E-state index contributed by atoms with van der Waals surface area (Å²) in [7, 11) is 0. The lowest BCUT2D eigenvalue weighted by Gasteiger charge is -2.40. The Morgan fingerprint density at radius 2 is 2.32 bits per heavy atom. The van der Waals surface area contributed by atoms with Crippen molar-refractivity contribution in [3.05, 3.63) is 5.82 Å². The van der Waals surface area contributed by atoms with Crippen LogP contribution in [0.3, 0.4) is 0 Å². The van der Waals surface area contributed by atoms with Crippen LogP contribution in [0.1, 0.15) is 44.3 Å². The number of thioether (sulfide) groups is 1. The van der Waals surface area contributed by atoms with Crippen molar-refractivity contribution in [1.82, 2.24) is 14.7 Å². The molecule has 0 bridgehead atoms. The van der Waals surface area contributed by atoms with E-state index in [4.69, 9.17) is 0 Å². The second kappa shape index (κ2) is 5.68. The van der Waals surface area contributed by atoms with E-state index in [0.717, 1.165) is 23.0 Å². The fourth-order valence-corrected chi connectivity index (χ4v) is 5.13. The van der Waals surface area contributed by atoms with Gasteiger partial charge in [0.25, 0.3) is 0 Å². The molecule has 106 valence electrons. The lowest BCUT2D eigenvalue weighted by atomic mass is 9.82. The third-order valence-corrected chi connectivity index (χ3v) is 6.11. The molecule has 2 atom stereocenters. The van der Waals surface area contributed by atoms with Crippen molar-refractivity contribution >= 4 is 23.3 Å². The van der Waals surface area contributed by atoms with Gasteiger partial charge >= 0.3 is 0 Å². The molecule has 0 radical (unpaired) electrons. The summed E-state index contributed by atoms with van der Waals surface area (Å²) < 4.78 is 5.31. The molecule has 2 N–H and O–H groups in total. The smallest absolute Gasteiger partial charge is 0.170 e. The third-order valence-electron chi connectivity index (χ3n) is 3.97. The number of aliphatic hydroxyl groups excluding tert-OH is 1. The number of aliphatic hydroxyl groups is 1. The highest BCUT2D eigenvalue weighted by Crippen LogP contribution is 2.40. The topological polar surface area (TPSA) is 58.0 Å². The summed E-state index contributed by atoms with van der Waals surface area (Å²) in [6.07, 6.45) is 7.10. The number of hydrogen-bond donors (Lipinski definition) is 2. The summed E-state index contributed by atoms with van der Waals surface area (Å²) in [6.45, 7) is 2.20. The number of nitrogens with zero attached hydrogens (tertiary/aromatic N) is 2. The molecule has 0 saturated heterocycles. The molecule has 2 aliphatic carbocycles. The number of nitrogens with one attached hydrogen (secondary N) is 1. The zero-order valence-corrected chi connectivity index (χ0v) is 12.9. The van der Waals surface area contributed by atoms with E-state index in [-0.39, 0.29) is 12.1 Å². The fraction of sp³-hybridized carbons (Fsp3) is 0.846. The van der Waals surface area contributed by atoms with Gasteiger partial charge in [0.05, 0.1) is 6.61 Å². The third kappa shape index (κ3) is 3.48. The first-order valence-electron chi connectivity index (χ1n) is 7.05. The van der Waals surface area contributed by atoms with Crippen LogP contribution in [-0.4, -0.2) is 37.9 Å². The molecule has 0 aromatic carbocycles. The lowest BCUT2D eigenvalue weighted by Crippen LogP contribution is -2.53. The maximum absolute atomic E-state index is 9.81. The minimum Gasteiger partial charge on any atom is -0.394 e. The molecule has 2 saturated carbocycles. The van der Waals surface area contributed by atoms with Crippen molar-refractivity contribution in [2.24, 2.45) is 0 Å². The minimum absolute atomic E-state index is 0.0448. The fourth-order valence-electron chi connectivity index (χ4n) is 2.86. The average Bonchev–Trinajstić information content (AvgIpc) is 3.11. The highest BCUT2D eigenvalue weighted by molar-refractivity contribution is 8.01. The molecule has 3 rings (SSSR count). The second-order valence-corrected chi connectivity index (χ2v) is 8.10. The van der Waals surface area contributed by atoms with Crippen LogP contribution in [0.15, 0.2) is 4.34 Å². The maximum atomic E-state index is 9.81. The molecule has 4 nitrogen and oxygen atoms in total. The Bertz CT molecular complexity index is 435. The Labute approximate surface area is 122 Å². The Kier molecular flexibility index (Phi) is 4.12. The summed E-state index contributed by atoms with van der Waals surface area (Å²) in [5.41, 5.74) is -0.0448. The van der Waals surface area contributed by atoms with Gasteiger partial charge in [0.1, 0.15) is 5.82 Å². The molecule has 1 aromatic heterocycles. The molecule has 0 amide bonds. The van der Waals surface area contributed by atoms with Crippen molar-refractivity contribution in [3.63, 3.8) is 0 Å². The zero-order chi connectivity index (χ0) is 13.3. The SMILES string of the molecule is Cc1nsc(SC2CCCC(CO)(NC3CC3)C2)n1. The number of aryl methyl sites for hydroxylation is 1. The Morgan fingerprint density at radius 1 is 1.47 bits per heavy atom. The molecule has 1 heterocycles. The normalized spacial score (nSPS) is 31.6. The average molecular weight is 299 g/mol. The van der Waals surface area contributed by atoms with E-state index < -0.39 is 0 Å². The Hall–Kier alpha value is -0.170. The molecular weight excluding hydrogens is 278 g/mol. The summed E-state index contributed by atoms with van der Waals surface area (Å²) in [4.78, 5) is 4.44. The van der Waals surface area contributed by atoms with E-state index in [1.807, 2.05) is 18.7 Å². The van der Waals surface area contributed by atoms with E-state index in [0.29, 0.717) is 11.3 Å². The van der Waals surface area contributed by atoms with Crippen LogP contribution >= 0.6 is 23.3 Å². The Balaban J connectivity index is 1.62. The minimum atomic E-state index is -0.0448. The molecule has 2 aliphatic rings. The quantitative estimate of drug-likeness (QED) is 0.874. The van der Waals surface area contributed by atoms with Crippen molar-refractivity contribution in [1.29, 1.82) is 0 Å². The van der Waals surface area contributed by atoms with E-state index in [9.17, 15) is 5.11 Å². The van der Waals surface area contributed by atoms with Crippen LogP contribution in [0.5, 0.6) is 0 Å². The van der Waals surface area contributed by atoms with Gasteiger partial charge in [0.2, 0.25) is 0 Å². The van der Waals surface area contributed by atoms with Crippen molar-refractivity contribution in [2.45, 2.75) is 66.6 Å². The number of aromatic nitrogens is 2. The summed E-state index contributed by atoms with van der Waals surface area (Å²) in [5.74, 6) is 0.868. The summed E-state index contributed by atoms with van der Waals surface area (Å²) in [5, 5.41) is 14.0. The highest BCUT2D eigenvalue weighted by Gasteiger charge is 2.40. The van der Waals surface area contributed by atoms with Gasteiger partial charge in [-0.25, -0.2) is 4.98 Å². The molecule has 6 heteroatoms. The number of hydrogen-bond acceptors (Lipinski definition) is 6. The second-order valence-electron chi connectivity index (χ2n) is 5.80. The first-order chi connectivity index (χ1) is 9.19. The van der Waals surface area contributed by atoms with Crippen LogP contribution < -0.4 is 5.32 Å². The van der Waals surface area contributed by atoms with E-state index >= 15 is 0 Å². The van der Waals surface area contributed by atoms with Crippen LogP contribution in [0.4, 0.5) is 0 Å². The van der Waals surface area contributed by atoms with Gasteiger partial charge in [-0.05, 0) is 50.6 Å². The van der Waals surface area contributed by atoms with E-state index in [1.165, 1.54) is 37.2 Å². The lowest BCUT2D eigenvalue weighted by molar-refractivity contribution is 0.122. The molecular formula is C13H21N3OS2. The maximum Gasteiger partial charge on any atom is 0.170 e. The summed E-state index contributed by atoms with van der Waals surface area (Å²) >= 11 is 3.34. The van der Waals surface area contributed by atoms with Crippen molar-refractivity contribution in [3.8, 4) is 0 Å². The predicted octanol–water partition coefficient (Wildman–Crippen LogP) is 2.36. The monoisotopic (exact) mass is 299 g/mol. The Morgan fingerprint density at radius 3 is 2.95 bits per heavy atom. The van der Waals surface area contributed by atoms with Crippen molar-refractivity contribution in [2.75, 3.05) is 6.61 Å².